The summed E-state index contributed by atoms with van der Waals surface area (Å²) in [7, 11) is 1.45. The first-order valence-corrected chi connectivity index (χ1v) is 9.46. The van der Waals surface area contributed by atoms with Crippen LogP contribution in [0.15, 0.2) is 41.5 Å². The monoisotopic (exact) mass is 405 g/mol. The molecule has 0 radical (unpaired) electrons. The molecule has 0 aliphatic rings. The van der Waals surface area contributed by atoms with E-state index in [9.17, 15) is 10.1 Å². The van der Waals surface area contributed by atoms with Crippen LogP contribution in [0, 0.1) is 10.1 Å². The lowest BCUT2D eigenvalue weighted by Crippen LogP contribution is -2.04. The summed E-state index contributed by atoms with van der Waals surface area (Å²) in [6, 6.07) is 10.1. The molecule has 0 heterocycles. The van der Waals surface area contributed by atoms with Crippen molar-refractivity contribution in [1.29, 1.82) is 0 Å². The third-order valence-electron chi connectivity index (χ3n) is 3.95. The van der Waals surface area contributed by atoms with Crippen LogP contribution < -0.4 is 14.9 Å². The minimum Gasteiger partial charge on any atom is -0.493 e. The largest absolute Gasteiger partial charge is 0.493 e. The molecule has 2 aromatic rings. The van der Waals surface area contributed by atoms with Crippen LogP contribution >= 0.6 is 11.6 Å². The lowest BCUT2D eigenvalue weighted by Gasteiger charge is -2.12. The Hall–Kier alpha value is -2.80. The first-order valence-electron chi connectivity index (χ1n) is 9.09. The van der Waals surface area contributed by atoms with Crippen LogP contribution in [-0.4, -0.2) is 24.9 Å². The average Bonchev–Trinajstić information content (AvgIpc) is 2.68. The highest BCUT2D eigenvalue weighted by Gasteiger charge is 2.22. The number of ether oxygens (including phenoxy) is 2. The summed E-state index contributed by atoms with van der Waals surface area (Å²) in [5.41, 5.74) is 3.89. The number of nitro benzene ring substituents is 1. The van der Waals surface area contributed by atoms with Gasteiger partial charge in [-0.05, 0) is 30.7 Å². The van der Waals surface area contributed by atoms with Crippen molar-refractivity contribution in [2.24, 2.45) is 5.10 Å². The molecule has 2 aromatic carbocycles. The number of nitrogens with one attached hydrogen (secondary N) is 1. The molecule has 0 fully saturated rings. The normalized spacial score (nSPS) is 10.8. The summed E-state index contributed by atoms with van der Waals surface area (Å²) in [5.74, 6) is 0.442. The van der Waals surface area contributed by atoms with Gasteiger partial charge in [-0.2, -0.15) is 5.10 Å². The average molecular weight is 406 g/mol. The molecular formula is C20H24ClN3O4. The summed E-state index contributed by atoms with van der Waals surface area (Å²) in [6.07, 6.45) is 5.55. The Morgan fingerprint density at radius 1 is 1.25 bits per heavy atom. The molecule has 1 N–H and O–H groups in total. The van der Waals surface area contributed by atoms with E-state index < -0.39 is 4.92 Å². The Morgan fingerprint density at radius 3 is 2.75 bits per heavy atom. The van der Waals surface area contributed by atoms with Crippen LogP contribution in [0.3, 0.4) is 0 Å². The van der Waals surface area contributed by atoms with Crippen LogP contribution in [0.25, 0.3) is 0 Å². The van der Waals surface area contributed by atoms with Crippen molar-refractivity contribution < 1.29 is 14.4 Å². The zero-order valence-electron chi connectivity index (χ0n) is 16.0. The maximum Gasteiger partial charge on any atom is 0.315 e. The van der Waals surface area contributed by atoms with Crippen molar-refractivity contribution in [3.8, 4) is 11.5 Å². The number of hydrazone groups is 1. The molecule has 0 atom stereocenters. The molecular weight excluding hydrogens is 382 g/mol. The molecule has 0 unspecified atom stereocenters. The van der Waals surface area contributed by atoms with E-state index in [0.717, 1.165) is 25.7 Å². The van der Waals surface area contributed by atoms with Crippen molar-refractivity contribution in [2.45, 2.75) is 32.6 Å². The van der Waals surface area contributed by atoms with Crippen LogP contribution in [0.2, 0.25) is 5.02 Å². The van der Waals surface area contributed by atoms with Crippen molar-refractivity contribution in [3.05, 3.63) is 57.1 Å². The first kappa shape index (κ1) is 21.5. The fourth-order valence-corrected chi connectivity index (χ4v) is 2.75. The number of halogens is 1. The van der Waals surface area contributed by atoms with Crippen molar-refractivity contribution >= 4 is 29.2 Å². The highest BCUT2D eigenvalue weighted by Crippen LogP contribution is 2.38. The van der Waals surface area contributed by atoms with Crippen molar-refractivity contribution in [3.63, 3.8) is 0 Å². The van der Waals surface area contributed by atoms with Crippen LogP contribution in [0.5, 0.6) is 11.5 Å². The molecule has 150 valence electrons. The maximum atomic E-state index is 11.5. The molecule has 0 saturated heterocycles. The Balaban J connectivity index is 2.16. The SMILES string of the molecule is CCCCCCOc1c(OC)cc(C=NNc2cccc(Cl)c2)cc1[N+](=O)[O-]. The summed E-state index contributed by atoms with van der Waals surface area (Å²) in [6.45, 7) is 2.53. The summed E-state index contributed by atoms with van der Waals surface area (Å²) >= 11 is 5.93. The number of anilines is 1. The van der Waals surface area contributed by atoms with Crippen molar-refractivity contribution in [2.75, 3.05) is 19.1 Å². The molecule has 8 heteroatoms. The van der Waals surface area contributed by atoms with Crippen LogP contribution in [0.4, 0.5) is 11.4 Å². The summed E-state index contributed by atoms with van der Waals surface area (Å²) in [4.78, 5) is 11.0. The number of methoxy groups -OCH3 is 1. The Kier molecular flexibility index (Phi) is 8.55. The van der Waals surface area contributed by atoms with E-state index in [1.807, 2.05) is 6.07 Å². The van der Waals surface area contributed by atoms with Crippen LogP contribution in [-0.2, 0) is 0 Å². The van der Waals surface area contributed by atoms with Gasteiger partial charge in [0.1, 0.15) is 0 Å². The number of hydrogen-bond acceptors (Lipinski definition) is 6. The predicted octanol–water partition coefficient (Wildman–Crippen LogP) is 5.66. The number of rotatable bonds is 11. The van der Waals surface area contributed by atoms with Gasteiger partial charge in [-0.1, -0.05) is 43.9 Å². The van der Waals surface area contributed by atoms with E-state index in [0.29, 0.717) is 28.6 Å². The molecule has 0 spiro atoms. The van der Waals surface area contributed by atoms with Gasteiger partial charge in [-0.25, -0.2) is 0 Å². The fourth-order valence-electron chi connectivity index (χ4n) is 2.56. The number of hydrogen-bond donors (Lipinski definition) is 1. The van der Waals surface area contributed by atoms with E-state index in [-0.39, 0.29) is 11.4 Å². The second-order valence-electron chi connectivity index (χ2n) is 6.12. The van der Waals surface area contributed by atoms with Gasteiger partial charge in [0.2, 0.25) is 5.75 Å². The van der Waals surface area contributed by atoms with E-state index in [2.05, 4.69) is 17.5 Å². The number of benzene rings is 2. The predicted molar refractivity (Wildman–Crippen MR) is 112 cm³/mol. The molecule has 0 bridgehead atoms. The zero-order valence-corrected chi connectivity index (χ0v) is 16.7. The highest BCUT2D eigenvalue weighted by atomic mass is 35.5. The minimum atomic E-state index is -0.481. The molecule has 0 aliphatic heterocycles. The molecule has 0 aromatic heterocycles. The molecule has 0 amide bonds. The lowest BCUT2D eigenvalue weighted by atomic mass is 10.1. The Bertz CT molecular complexity index is 827. The third-order valence-corrected chi connectivity index (χ3v) is 4.19. The standard InChI is InChI=1S/C20H24ClN3O4/c1-3-4-5-6-10-28-20-18(24(25)26)11-15(12-19(20)27-2)14-22-23-17-9-7-8-16(21)13-17/h7-9,11-14,23H,3-6,10H2,1-2H3. The maximum absolute atomic E-state index is 11.5. The first-order chi connectivity index (χ1) is 13.5. The summed E-state index contributed by atoms with van der Waals surface area (Å²) < 4.78 is 11.0. The third kappa shape index (κ3) is 6.42. The number of unbranched alkanes of at least 4 members (excludes halogenated alkanes) is 3. The molecule has 2 rings (SSSR count). The second-order valence-corrected chi connectivity index (χ2v) is 6.55. The molecule has 0 aliphatic carbocycles. The Morgan fingerprint density at radius 2 is 2.07 bits per heavy atom. The van der Waals surface area contributed by atoms with Gasteiger partial charge in [0.05, 0.1) is 30.5 Å². The van der Waals surface area contributed by atoms with Gasteiger partial charge in [-0.3, -0.25) is 15.5 Å². The summed E-state index contributed by atoms with van der Waals surface area (Å²) in [5, 5.41) is 16.2. The van der Waals surface area contributed by atoms with E-state index >= 15 is 0 Å². The second kappa shape index (κ2) is 11.1. The van der Waals surface area contributed by atoms with Gasteiger partial charge >= 0.3 is 5.69 Å². The van der Waals surface area contributed by atoms with Gasteiger partial charge in [0, 0.05) is 16.7 Å². The quantitative estimate of drug-likeness (QED) is 0.225. The molecule has 0 saturated carbocycles. The fraction of sp³-hybridized carbons (Fsp3) is 0.350. The smallest absolute Gasteiger partial charge is 0.315 e. The van der Waals surface area contributed by atoms with Gasteiger partial charge < -0.3 is 9.47 Å². The highest BCUT2D eigenvalue weighted by molar-refractivity contribution is 6.30. The minimum absolute atomic E-state index is 0.143. The Labute approximate surface area is 169 Å². The van der Waals surface area contributed by atoms with E-state index in [4.69, 9.17) is 21.1 Å². The van der Waals surface area contributed by atoms with Crippen LogP contribution in [0.1, 0.15) is 38.2 Å². The number of nitrogens with zero attached hydrogens (tertiary/aromatic N) is 2. The van der Waals surface area contributed by atoms with Gasteiger partial charge in [0.25, 0.3) is 0 Å². The van der Waals surface area contributed by atoms with Gasteiger partial charge in [-0.15, -0.1) is 0 Å². The van der Waals surface area contributed by atoms with E-state index in [1.165, 1.54) is 19.4 Å². The lowest BCUT2D eigenvalue weighted by molar-refractivity contribution is -0.386. The van der Waals surface area contributed by atoms with E-state index in [1.54, 1.807) is 24.3 Å². The van der Waals surface area contributed by atoms with Gasteiger partial charge in [0.15, 0.2) is 5.75 Å². The molecule has 28 heavy (non-hydrogen) atoms. The topological polar surface area (TPSA) is 86.0 Å². The number of nitro groups is 1. The molecule has 7 nitrogen and oxygen atoms in total. The zero-order chi connectivity index (χ0) is 20.4. The van der Waals surface area contributed by atoms with Crippen molar-refractivity contribution in [1.82, 2.24) is 0 Å².